The van der Waals surface area contributed by atoms with Gasteiger partial charge >= 0.3 is 0 Å². The summed E-state index contributed by atoms with van der Waals surface area (Å²) in [4.78, 5) is 20.9. The Kier molecular flexibility index (Phi) is 4.26. The third kappa shape index (κ3) is 3.49. The van der Waals surface area contributed by atoms with Crippen LogP contribution in [0.1, 0.15) is 12.6 Å². The average molecular weight is 346 g/mol. The first kappa shape index (κ1) is 15.4. The first-order valence-corrected chi connectivity index (χ1v) is 8.48. The minimum Gasteiger partial charge on any atom is -0.506 e. The summed E-state index contributed by atoms with van der Waals surface area (Å²) in [5.41, 5.74) is 2.21. The van der Waals surface area contributed by atoms with Crippen molar-refractivity contribution in [1.29, 1.82) is 0 Å². The predicted molar refractivity (Wildman–Crippen MR) is 93.7 cm³/mol. The molecule has 3 N–H and O–H groups in total. The fourth-order valence-electron chi connectivity index (χ4n) is 1.97. The van der Waals surface area contributed by atoms with Crippen LogP contribution in [0.3, 0.4) is 0 Å². The van der Waals surface area contributed by atoms with Crippen molar-refractivity contribution >= 4 is 44.5 Å². The number of aromatic nitrogens is 2. The number of thiazole rings is 2. The number of phenolic OH excluding ortho intramolecular Hbond substituents is 1. The molecule has 0 fully saturated rings. The molecule has 3 aromatic rings. The van der Waals surface area contributed by atoms with Gasteiger partial charge in [0.15, 0.2) is 10.3 Å². The van der Waals surface area contributed by atoms with Crippen LogP contribution >= 0.6 is 22.7 Å². The number of anilines is 3. The molecule has 0 saturated heterocycles. The van der Waals surface area contributed by atoms with Crippen LogP contribution in [0.25, 0.3) is 10.6 Å². The summed E-state index contributed by atoms with van der Waals surface area (Å²) in [6.45, 7) is 3.33. The van der Waals surface area contributed by atoms with Crippen molar-refractivity contribution in [3.8, 4) is 16.3 Å². The molecule has 0 aliphatic heterocycles. The lowest BCUT2D eigenvalue weighted by atomic mass is 10.3. The van der Waals surface area contributed by atoms with E-state index in [1.54, 1.807) is 18.2 Å². The van der Waals surface area contributed by atoms with Gasteiger partial charge in [0, 0.05) is 12.3 Å². The highest BCUT2D eigenvalue weighted by Gasteiger charge is 2.14. The van der Waals surface area contributed by atoms with Gasteiger partial charge in [-0.05, 0) is 19.1 Å². The molecule has 0 saturated carbocycles. The summed E-state index contributed by atoms with van der Waals surface area (Å²) >= 11 is 2.83. The number of amides is 1. The Morgan fingerprint density at radius 3 is 2.74 bits per heavy atom. The maximum atomic E-state index is 11.1. The molecule has 0 aliphatic rings. The van der Waals surface area contributed by atoms with E-state index >= 15 is 0 Å². The summed E-state index contributed by atoms with van der Waals surface area (Å²) in [5, 5.41) is 18.7. The van der Waals surface area contributed by atoms with Gasteiger partial charge in [-0.15, -0.1) is 11.3 Å². The van der Waals surface area contributed by atoms with Crippen molar-refractivity contribution in [2.24, 2.45) is 0 Å². The Bertz CT molecular complexity index is 857. The van der Waals surface area contributed by atoms with Gasteiger partial charge in [-0.1, -0.05) is 23.5 Å². The number of rotatable bonds is 4. The van der Waals surface area contributed by atoms with Gasteiger partial charge in [-0.25, -0.2) is 9.97 Å². The molecule has 0 atom stereocenters. The number of para-hydroxylation sites is 2. The van der Waals surface area contributed by atoms with Crippen molar-refractivity contribution in [2.75, 3.05) is 10.6 Å². The number of phenols is 1. The number of carbonyl (C=O) groups excluding carboxylic acids is 1. The lowest BCUT2D eigenvalue weighted by Gasteiger charge is -2.03. The van der Waals surface area contributed by atoms with E-state index in [4.69, 9.17) is 0 Å². The quantitative estimate of drug-likeness (QED) is 0.622. The molecule has 1 aromatic carbocycles. The zero-order valence-corrected chi connectivity index (χ0v) is 14.1. The minimum absolute atomic E-state index is 0.148. The van der Waals surface area contributed by atoms with E-state index in [0.717, 1.165) is 16.3 Å². The van der Waals surface area contributed by atoms with Gasteiger partial charge in [0.05, 0.1) is 22.0 Å². The smallest absolute Gasteiger partial charge is 0.223 e. The summed E-state index contributed by atoms with van der Waals surface area (Å²) in [6, 6.07) is 6.99. The first-order valence-electron chi connectivity index (χ1n) is 6.79. The molecule has 23 heavy (non-hydrogen) atoms. The Labute approximate surface area is 140 Å². The van der Waals surface area contributed by atoms with Crippen LogP contribution < -0.4 is 10.6 Å². The number of hydrogen-bond acceptors (Lipinski definition) is 7. The Hall–Kier alpha value is -2.45. The monoisotopic (exact) mass is 346 g/mol. The molecule has 0 aliphatic carbocycles. The summed E-state index contributed by atoms with van der Waals surface area (Å²) < 4.78 is 0. The standard InChI is InChI=1S/C15H14N4O2S2/c1-8-13(23-15(16-8)17-9(2)20)11-7-22-14(19-11)18-10-5-3-4-6-12(10)21/h3-7,21H,1-2H3,(H,18,19)(H,16,17,20). The third-order valence-corrected chi connectivity index (χ3v) is 4.82. The van der Waals surface area contributed by atoms with E-state index in [0.29, 0.717) is 16.0 Å². The second-order valence-corrected chi connectivity index (χ2v) is 6.65. The van der Waals surface area contributed by atoms with Gasteiger partial charge < -0.3 is 15.7 Å². The van der Waals surface area contributed by atoms with Crippen LogP contribution in [-0.4, -0.2) is 21.0 Å². The van der Waals surface area contributed by atoms with Crippen molar-refractivity contribution in [3.63, 3.8) is 0 Å². The molecular weight excluding hydrogens is 332 g/mol. The summed E-state index contributed by atoms with van der Waals surface area (Å²) in [7, 11) is 0. The van der Waals surface area contributed by atoms with E-state index in [1.165, 1.54) is 29.6 Å². The van der Waals surface area contributed by atoms with Gasteiger partial charge in [0.25, 0.3) is 0 Å². The van der Waals surface area contributed by atoms with Gasteiger partial charge in [0.1, 0.15) is 5.75 Å². The average Bonchev–Trinajstić information content (AvgIpc) is 3.07. The largest absolute Gasteiger partial charge is 0.506 e. The molecule has 0 unspecified atom stereocenters. The molecule has 6 nitrogen and oxygen atoms in total. The lowest BCUT2D eigenvalue weighted by Crippen LogP contribution is -2.04. The maximum absolute atomic E-state index is 11.1. The molecule has 0 spiro atoms. The molecule has 8 heteroatoms. The van der Waals surface area contributed by atoms with Crippen LogP contribution in [0.5, 0.6) is 5.75 Å². The SMILES string of the molecule is CC(=O)Nc1nc(C)c(-c2csc(Nc3ccccc3O)n2)s1. The highest BCUT2D eigenvalue weighted by molar-refractivity contribution is 7.20. The van der Waals surface area contributed by atoms with E-state index in [2.05, 4.69) is 20.6 Å². The molecule has 3 rings (SSSR count). The zero-order valence-electron chi connectivity index (χ0n) is 12.5. The predicted octanol–water partition coefficient (Wildman–Crippen LogP) is 3.98. The Morgan fingerprint density at radius 1 is 1.22 bits per heavy atom. The topological polar surface area (TPSA) is 87.1 Å². The van der Waals surface area contributed by atoms with E-state index in [-0.39, 0.29) is 11.7 Å². The van der Waals surface area contributed by atoms with Gasteiger partial charge in [-0.3, -0.25) is 4.79 Å². The Morgan fingerprint density at radius 2 is 2.00 bits per heavy atom. The number of carbonyl (C=O) groups is 1. The fourth-order valence-corrected chi connectivity index (χ4v) is 3.73. The third-order valence-electron chi connectivity index (χ3n) is 2.96. The number of nitrogens with one attached hydrogen (secondary N) is 2. The number of aromatic hydroxyl groups is 1. The van der Waals surface area contributed by atoms with E-state index in [1.807, 2.05) is 18.4 Å². The van der Waals surface area contributed by atoms with E-state index < -0.39 is 0 Å². The molecule has 0 bridgehead atoms. The van der Waals surface area contributed by atoms with E-state index in [9.17, 15) is 9.90 Å². The second kappa shape index (κ2) is 6.35. The molecule has 1 amide bonds. The first-order chi connectivity index (χ1) is 11.0. The van der Waals surface area contributed by atoms with Crippen LogP contribution in [0.15, 0.2) is 29.6 Å². The zero-order chi connectivity index (χ0) is 16.4. The lowest BCUT2D eigenvalue weighted by molar-refractivity contribution is -0.114. The second-order valence-electron chi connectivity index (χ2n) is 4.79. The normalized spacial score (nSPS) is 10.5. The minimum atomic E-state index is -0.148. The molecule has 2 aromatic heterocycles. The van der Waals surface area contributed by atoms with Crippen molar-refractivity contribution < 1.29 is 9.90 Å². The molecule has 118 valence electrons. The number of hydrogen-bond donors (Lipinski definition) is 3. The summed E-state index contributed by atoms with van der Waals surface area (Å²) in [6.07, 6.45) is 0. The van der Waals surface area contributed by atoms with Crippen LogP contribution in [0.2, 0.25) is 0 Å². The molecule has 0 radical (unpaired) electrons. The highest BCUT2D eigenvalue weighted by atomic mass is 32.1. The van der Waals surface area contributed by atoms with Crippen LogP contribution in [0, 0.1) is 6.92 Å². The highest BCUT2D eigenvalue weighted by Crippen LogP contribution is 2.36. The Balaban J connectivity index is 1.83. The summed E-state index contributed by atoms with van der Waals surface area (Å²) in [5.74, 6) is 0.0247. The van der Waals surface area contributed by atoms with Crippen molar-refractivity contribution in [2.45, 2.75) is 13.8 Å². The van der Waals surface area contributed by atoms with Crippen LogP contribution in [-0.2, 0) is 4.79 Å². The van der Waals surface area contributed by atoms with Gasteiger partial charge in [0.2, 0.25) is 5.91 Å². The number of benzene rings is 1. The van der Waals surface area contributed by atoms with Crippen LogP contribution in [0.4, 0.5) is 16.0 Å². The van der Waals surface area contributed by atoms with Crippen molar-refractivity contribution in [1.82, 2.24) is 9.97 Å². The molecular formula is C15H14N4O2S2. The van der Waals surface area contributed by atoms with Crippen molar-refractivity contribution in [3.05, 3.63) is 35.3 Å². The fraction of sp³-hybridized carbons (Fsp3) is 0.133. The maximum Gasteiger partial charge on any atom is 0.223 e. The van der Waals surface area contributed by atoms with Gasteiger partial charge in [-0.2, -0.15) is 0 Å². The number of aryl methyl sites for hydroxylation is 1. The number of nitrogens with zero attached hydrogens (tertiary/aromatic N) is 2. The molecule has 2 heterocycles.